The second-order valence-corrected chi connectivity index (χ2v) is 8.81. The monoisotopic (exact) mass is 458 g/mol. The number of carbonyl (C=O) groups excluding carboxylic acids is 2. The van der Waals surface area contributed by atoms with E-state index in [-0.39, 0.29) is 31.1 Å². The predicted octanol–water partition coefficient (Wildman–Crippen LogP) is 3.72. The predicted molar refractivity (Wildman–Crippen MR) is 134 cm³/mol. The SMILES string of the molecule is COc1ccc([C@H]2CC(c3ccc4ccccc4c3)=NN2C(=O)CN(CC(N)=O)C(C)C)cc1. The highest BCUT2D eigenvalue weighted by Gasteiger charge is 2.34. The minimum Gasteiger partial charge on any atom is -0.497 e. The van der Waals surface area contributed by atoms with E-state index in [9.17, 15) is 9.59 Å². The van der Waals surface area contributed by atoms with Crippen molar-refractivity contribution >= 4 is 28.3 Å². The number of carbonyl (C=O) groups is 2. The Morgan fingerprint density at radius 2 is 1.76 bits per heavy atom. The van der Waals surface area contributed by atoms with Gasteiger partial charge >= 0.3 is 0 Å². The van der Waals surface area contributed by atoms with Gasteiger partial charge in [0.05, 0.1) is 32.0 Å². The van der Waals surface area contributed by atoms with Crippen LogP contribution in [0.5, 0.6) is 5.75 Å². The largest absolute Gasteiger partial charge is 0.497 e. The highest BCUT2D eigenvalue weighted by Crippen LogP contribution is 2.34. The van der Waals surface area contributed by atoms with Gasteiger partial charge in [-0.05, 0) is 53.9 Å². The van der Waals surface area contributed by atoms with Crippen molar-refractivity contribution in [1.82, 2.24) is 9.91 Å². The first-order valence-electron chi connectivity index (χ1n) is 11.4. The normalized spacial score (nSPS) is 15.7. The maximum Gasteiger partial charge on any atom is 0.257 e. The van der Waals surface area contributed by atoms with E-state index in [0.717, 1.165) is 33.4 Å². The van der Waals surface area contributed by atoms with Crippen molar-refractivity contribution in [1.29, 1.82) is 0 Å². The van der Waals surface area contributed by atoms with E-state index in [0.29, 0.717) is 6.42 Å². The molecule has 0 bridgehead atoms. The Kier molecular flexibility index (Phi) is 6.93. The first-order chi connectivity index (χ1) is 16.4. The molecule has 1 heterocycles. The van der Waals surface area contributed by atoms with Gasteiger partial charge in [-0.15, -0.1) is 0 Å². The number of methoxy groups -OCH3 is 1. The molecule has 0 aliphatic carbocycles. The van der Waals surface area contributed by atoms with E-state index in [1.165, 1.54) is 0 Å². The zero-order valence-electron chi connectivity index (χ0n) is 19.8. The van der Waals surface area contributed by atoms with Crippen LogP contribution in [0, 0.1) is 0 Å². The summed E-state index contributed by atoms with van der Waals surface area (Å²) in [7, 11) is 1.63. The number of hydrazone groups is 1. The fourth-order valence-corrected chi connectivity index (χ4v) is 4.24. The summed E-state index contributed by atoms with van der Waals surface area (Å²) in [5, 5.41) is 8.62. The Morgan fingerprint density at radius 1 is 1.06 bits per heavy atom. The van der Waals surface area contributed by atoms with Gasteiger partial charge in [0, 0.05) is 12.5 Å². The maximum absolute atomic E-state index is 13.4. The molecule has 1 aliphatic rings. The molecule has 0 saturated heterocycles. The second kappa shape index (κ2) is 10.1. The molecule has 7 heteroatoms. The van der Waals surface area contributed by atoms with Crippen LogP contribution in [0.25, 0.3) is 10.8 Å². The Labute approximate surface area is 199 Å². The van der Waals surface area contributed by atoms with Crippen molar-refractivity contribution in [2.24, 2.45) is 10.8 Å². The Morgan fingerprint density at radius 3 is 2.41 bits per heavy atom. The molecule has 7 nitrogen and oxygen atoms in total. The number of ether oxygens (including phenoxy) is 1. The van der Waals surface area contributed by atoms with Gasteiger partial charge in [-0.3, -0.25) is 14.5 Å². The van der Waals surface area contributed by atoms with Crippen LogP contribution in [0.1, 0.15) is 37.4 Å². The second-order valence-electron chi connectivity index (χ2n) is 8.81. The number of nitrogens with two attached hydrogens (primary N) is 1. The highest BCUT2D eigenvalue weighted by atomic mass is 16.5. The number of rotatable bonds is 8. The van der Waals surface area contributed by atoms with Crippen molar-refractivity contribution < 1.29 is 14.3 Å². The lowest BCUT2D eigenvalue weighted by Crippen LogP contribution is -2.45. The summed E-state index contributed by atoms with van der Waals surface area (Å²) < 4.78 is 5.29. The summed E-state index contributed by atoms with van der Waals surface area (Å²) in [5.74, 6) is 0.115. The number of hydrogen-bond donors (Lipinski definition) is 1. The highest BCUT2D eigenvalue weighted by molar-refractivity contribution is 6.05. The average Bonchev–Trinajstić information content (AvgIpc) is 3.28. The lowest BCUT2D eigenvalue weighted by atomic mass is 9.97. The number of benzene rings is 3. The smallest absolute Gasteiger partial charge is 0.257 e. The molecular formula is C27H30N4O3. The standard InChI is InChI=1S/C27H30N4O3/c1-18(2)30(16-26(28)32)17-27(33)31-25(20-10-12-23(34-3)13-11-20)15-24(29-31)22-9-8-19-6-4-5-7-21(19)14-22/h4-14,18,25H,15-17H2,1-3H3,(H2,28,32)/t25-/m1/s1. The zero-order chi connectivity index (χ0) is 24.2. The number of amides is 2. The van der Waals surface area contributed by atoms with Crippen molar-refractivity contribution in [3.63, 3.8) is 0 Å². The Hall–Kier alpha value is -3.71. The third kappa shape index (κ3) is 5.10. The van der Waals surface area contributed by atoms with E-state index in [1.807, 2.05) is 56.3 Å². The van der Waals surface area contributed by atoms with Gasteiger partial charge < -0.3 is 10.5 Å². The first-order valence-corrected chi connectivity index (χ1v) is 11.4. The molecule has 0 spiro atoms. The Bertz CT molecular complexity index is 1220. The summed E-state index contributed by atoms with van der Waals surface area (Å²) in [5.41, 5.74) is 8.22. The minimum atomic E-state index is -0.463. The van der Waals surface area contributed by atoms with E-state index in [4.69, 9.17) is 15.6 Å². The molecular weight excluding hydrogens is 428 g/mol. The number of primary amides is 1. The third-order valence-corrected chi connectivity index (χ3v) is 6.18. The fourth-order valence-electron chi connectivity index (χ4n) is 4.24. The summed E-state index contributed by atoms with van der Waals surface area (Å²) in [6.07, 6.45) is 0.591. The quantitative estimate of drug-likeness (QED) is 0.557. The minimum absolute atomic E-state index is 0.0116. The summed E-state index contributed by atoms with van der Waals surface area (Å²) in [4.78, 5) is 26.7. The topological polar surface area (TPSA) is 88.2 Å². The van der Waals surface area contributed by atoms with Gasteiger partial charge in [0.2, 0.25) is 5.91 Å². The van der Waals surface area contributed by atoms with Crippen LogP contribution in [-0.4, -0.2) is 53.7 Å². The molecule has 2 amide bonds. The molecule has 4 rings (SSSR count). The van der Waals surface area contributed by atoms with E-state index >= 15 is 0 Å². The molecule has 0 fully saturated rings. The van der Waals surface area contributed by atoms with Gasteiger partial charge in [0.15, 0.2) is 0 Å². The summed E-state index contributed by atoms with van der Waals surface area (Å²) >= 11 is 0. The van der Waals surface area contributed by atoms with Crippen molar-refractivity contribution in [2.75, 3.05) is 20.2 Å². The molecule has 1 atom stereocenters. The molecule has 0 saturated carbocycles. The molecule has 2 N–H and O–H groups in total. The van der Waals surface area contributed by atoms with Crippen molar-refractivity contribution in [3.8, 4) is 5.75 Å². The van der Waals surface area contributed by atoms with Crippen LogP contribution in [-0.2, 0) is 9.59 Å². The number of hydrogen-bond acceptors (Lipinski definition) is 5. The molecule has 1 aliphatic heterocycles. The summed E-state index contributed by atoms with van der Waals surface area (Å²) in [6, 6.07) is 21.9. The lowest BCUT2D eigenvalue weighted by molar-refractivity contribution is -0.135. The molecule has 0 unspecified atom stereocenters. The number of fused-ring (bicyclic) bond motifs is 1. The van der Waals surface area contributed by atoms with Crippen LogP contribution in [0.2, 0.25) is 0 Å². The average molecular weight is 459 g/mol. The Balaban J connectivity index is 1.67. The maximum atomic E-state index is 13.4. The van der Waals surface area contributed by atoms with E-state index in [2.05, 4.69) is 24.3 Å². The van der Waals surface area contributed by atoms with E-state index < -0.39 is 5.91 Å². The molecule has 176 valence electrons. The number of nitrogens with zero attached hydrogens (tertiary/aromatic N) is 3. The van der Waals surface area contributed by atoms with Gasteiger partial charge in [-0.25, -0.2) is 5.01 Å². The van der Waals surface area contributed by atoms with E-state index in [1.54, 1.807) is 17.0 Å². The summed E-state index contributed by atoms with van der Waals surface area (Å²) in [6.45, 7) is 3.95. The van der Waals surface area contributed by atoms with Crippen molar-refractivity contribution in [2.45, 2.75) is 32.4 Å². The van der Waals surface area contributed by atoms with Crippen LogP contribution < -0.4 is 10.5 Å². The molecule has 34 heavy (non-hydrogen) atoms. The van der Waals surface area contributed by atoms with Gasteiger partial charge in [-0.1, -0.05) is 48.5 Å². The fraction of sp³-hybridized carbons (Fsp3) is 0.296. The zero-order valence-corrected chi connectivity index (χ0v) is 19.8. The molecule has 3 aromatic rings. The van der Waals surface area contributed by atoms with Crippen LogP contribution in [0.3, 0.4) is 0 Å². The third-order valence-electron chi connectivity index (χ3n) is 6.18. The van der Waals surface area contributed by atoms with Crippen molar-refractivity contribution in [3.05, 3.63) is 77.9 Å². The molecule has 0 radical (unpaired) electrons. The first kappa shape index (κ1) is 23.4. The van der Waals surface area contributed by atoms with Crippen LogP contribution in [0.4, 0.5) is 0 Å². The lowest BCUT2D eigenvalue weighted by Gasteiger charge is -2.28. The molecule has 0 aromatic heterocycles. The van der Waals surface area contributed by atoms with Gasteiger partial charge in [0.25, 0.3) is 5.91 Å². The van der Waals surface area contributed by atoms with Gasteiger partial charge in [-0.2, -0.15) is 5.10 Å². The van der Waals surface area contributed by atoms with Crippen LogP contribution in [0.15, 0.2) is 71.8 Å². The van der Waals surface area contributed by atoms with Gasteiger partial charge in [0.1, 0.15) is 5.75 Å². The molecule has 3 aromatic carbocycles. The van der Waals surface area contributed by atoms with Crippen LogP contribution >= 0.6 is 0 Å².